The molecule has 0 aliphatic rings. The average Bonchev–Trinajstić information content (AvgIpc) is 2.77. The van der Waals surface area contributed by atoms with Gasteiger partial charge in [0.15, 0.2) is 5.22 Å². The molecule has 2 rings (SSSR count). The van der Waals surface area contributed by atoms with Crippen molar-refractivity contribution >= 4 is 11.6 Å². The van der Waals surface area contributed by atoms with Crippen LogP contribution in [0.25, 0.3) is 0 Å². The normalized spacial score (nSPS) is 12.9. The van der Waals surface area contributed by atoms with Gasteiger partial charge in [0.2, 0.25) is 0 Å². The Morgan fingerprint density at radius 1 is 1.15 bits per heavy atom. The van der Waals surface area contributed by atoms with Crippen molar-refractivity contribution in [3.05, 3.63) is 58.0 Å². The van der Waals surface area contributed by atoms with Gasteiger partial charge in [-0.25, -0.2) is 8.78 Å². The third-order valence-corrected chi connectivity index (χ3v) is 3.17. The monoisotopic (exact) mass is 299 g/mol. The van der Waals surface area contributed by atoms with Gasteiger partial charge in [-0.15, -0.1) is 0 Å². The van der Waals surface area contributed by atoms with Crippen molar-refractivity contribution in [1.82, 2.24) is 5.32 Å². The molecule has 108 valence electrons. The number of rotatable bonds is 4. The standard InChI is InChI=1S/C15H16ClF2NO/c1-8(2)19-15(13-4-5-14(16)20-13)10-6-9(3)11(17)7-12(10)18/h4-8,15,19H,1-3H3. The largest absolute Gasteiger partial charge is 0.448 e. The van der Waals surface area contributed by atoms with Crippen molar-refractivity contribution in [2.75, 3.05) is 0 Å². The van der Waals surface area contributed by atoms with E-state index in [1.165, 1.54) is 6.07 Å². The maximum absolute atomic E-state index is 14.1. The highest BCUT2D eigenvalue weighted by atomic mass is 35.5. The first-order chi connectivity index (χ1) is 9.38. The fourth-order valence-corrected chi connectivity index (χ4v) is 2.19. The molecule has 1 aromatic carbocycles. The molecule has 1 heterocycles. The quantitative estimate of drug-likeness (QED) is 0.892. The predicted molar refractivity (Wildman–Crippen MR) is 74.9 cm³/mol. The summed E-state index contributed by atoms with van der Waals surface area (Å²) in [5, 5.41) is 3.43. The molecule has 0 aliphatic carbocycles. The second-order valence-corrected chi connectivity index (χ2v) is 5.39. The van der Waals surface area contributed by atoms with E-state index in [1.54, 1.807) is 19.1 Å². The van der Waals surface area contributed by atoms with E-state index < -0.39 is 17.7 Å². The van der Waals surface area contributed by atoms with Crippen molar-refractivity contribution in [3.8, 4) is 0 Å². The maximum atomic E-state index is 14.1. The Bertz CT molecular complexity index is 610. The van der Waals surface area contributed by atoms with Crippen LogP contribution in [0.4, 0.5) is 8.78 Å². The van der Waals surface area contributed by atoms with Gasteiger partial charge >= 0.3 is 0 Å². The molecule has 1 N–H and O–H groups in total. The maximum Gasteiger partial charge on any atom is 0.193 e. The Kier molecular flexibility index (Phi) is 4.45. The van der Waals surface area contributed by atoms with Crippen LogP contribution in [0.5, 0.6) is 0 Å². The summed E-state index contributed by atoms with van der Waals surface area (Å²) in [5.74, 6) is -0.681. The number of furan rings is 1. The minimum atomic E-state index is -0.612. The van der Waals surface area contributed by atoms with Crippen LogP contribution in [-0.2, 0) is 0 Å². The van der Waals surface area contributed by atoms with Crippen molar-refractivity contribution in [2.24, 2.45) is 0 Å². The van der Waals surface area contributed by atoms with Crippen LogP contribution >= 0.6 is 11.6 Å². The second-order valence-electron chi connectivity index (χ2n) is 5.02. The topological polar surface area (TPSA) is 25.2 Å². The third-order valence-electron chi connectivity index (χ3n) is 2.97. The SMILES string of the molecule is Cc1cc(C(NC(C)C)c2ccc(Cl)o2)c(F)cc1F. The van der Waals surface area contributed by atoms with Gasteiger partial charge in [0.25, 0.3) is 0 Å². The van der Waals surface area contributed by atoms with E-state index in [4.69, 9.17) is 16.0 Å². The molecule has 0 aliphatic heterocycles. The summed E-state index contributed by atoms with van der Waals surface area (Å²) in [6, 6.07) is 5.24. The Hall–Kier alpha value is -1.39. The molecule has 2 nitrogen and oxygen atoms in total. The van der Waals surface area contributed by atoms with Gasteiger partial charge in [-0.1, -0.05) is 0 Å². The molecule has 2 aromatic rings. The van der Waals surface area contributed by atoms with Gasteiger partial charge in [0.05, 0.1) is 6.04 Å². The van der Waals surface area contributed by atoms with Crippen LogP contribution in [0.1, 0.15) is 36.8 Å². The van der Waals surface area contributed by atoms with Gasteiger partial charge in [0.1, 0.15) is 17.4 Å². The van der Waals surface area contributed by atoms with E-state index in [-0.39, 0.29) is 11.3 Å². The second kappa shape index (κ2) is 5.94. The fourth-order valence-electron chi connectivity index (χ4n) is 2.04. The minimum absolute atomic E-state index is 0.0913. The Balaban J connectivity index is 2.49. The zero-order valence-electron chi connectivity index (χ0n) is 11.5. The van der Waals surface area contributed by atoms with Crippen LogP contribution in [0, 0.1) is 18.6 Å². The molecule has 0 radical (unpaired) electrons. The Labute approximate surface area is 121 Å². The number of benzene rings is 1. The summed E-state index contributed by atoms with van der Waals surface area (Å²) in [6.45, 7) is 5.47. The lowest BCUT2D eigenvalue weighted by molar-refractivity contribution is 0.414. The Morgan fingerprint density at radius 3 is 2.40 bits per heavy atom. The molecule has 0 bridgehead atoms. The van der Waals surface area contributed by atoms with Gasteiger partial charge in [0, 0.05) is 17.7 Å². The fraction of sp³-hybridized carbons (Fsp3) is 0.333. The van der Waals surface area contributed by atoms with Crippen molar-refractivity contribution in [3.63, 3.8) is 0 Å². The van der Waals surface area contributed by atoms with Crippen LogP contribution in [0.2, 0.25) is 5.22 Å². The highest BCUT2D eigenvalue weighted by Crippen LogP contribution is 2.29. The van der Waals surface area contributed by atoms with E-state index in [0.717, 1.165) is 6.07 Å². The van der Waals surface area contributed by atoms with Crippen LogP contribution in [0.15, 0.2) is 28.7 Å². The summed E-state index contributed by atoms with van der Waals surface area (Å²) in [6.07, 6.45) is 0. The first kappa shape index (κ1) is 15.0. The highest BCUT2D eigenvalue weighted by molar-refractivity contribution is 6.28. The molecule has 0 amide bonds. The molecule has 20 heavy (non-hydrogen) atoms. The van der Waals surface area contributed by atoms with Crippen LogP contribution < -0.4 is 5.32 Å². The minimum Gasteiger partial charge on any atom is -0.448 e. The zero-order valence-corrected chi connectivity index (χ0v) is 12.3. The number of nitrogens with one attached hydrogen (secondary N) is 1. The van der Waals surface area contributed by atoms with E-state index in [1.807, 2.05) is 13.8 Å². The first-order valence-corrected chi connectivity index (χ1v) is 6.73. The number of hydrogen-bond acceptors (Lipinski definition) is 2. The lowest BCUT2D eigenvalue weighted by Gasteiger charge is -2.21. The van der Waals surface area contributed by atoms with E-state index in [0.29, 0.717) is 16.9 Å². The Morgan fingerprint density at radius 2 is 1.85 bits per heavy atom. The summed E-state index contributed by atoms with van der Waals surface area (Å²) in [5.41, 5.74) is 0.721. The predicted octanol–water partition coefficient (Wildman–Crippen LogP) is 4.61. The summed E-state index contributed by atoms with van der Waals surface area (Å²) < 4.78 is 32.8. The molecule has 1 atom stereocenters. The third kappa shape index (κ3) is 3.19. The van der Waals surface area contributed by atoms with E-state index >= 15 is 0 Å². The molecule has 0 spiro atoms. The molecule has 0 saturated carbocycles. The van der Waals surface area contributed by atoms with Crippen molar-refractivity contribution < 1.29 is 13.2 Å². The highest BCUT2D eigenvalue weighted by Gasteiger charge is 2.23. The van der Waals surface area contributed by atoms with Gasteiger partial charge in [-0.3, -0.25) is 0 Å². The number of hydrogen-bond donors (Lipinski definition) is 1. The lowest BCUT2D eigenvalue weighted by atomic mass is 10.0. The molecule has 0 fully saturated rings. The smallest absolute Gasteiger partial charge is 0.193 e. The summed E-state index contributed by atoms with van der Waals surface area (Å²) >= 11 is 5.78. The van der Waals surface area contributed by atoms with Gasteiger partial charge < -0.3 is 9.73 Å². The van der Waals surface area contributed by atoms with E-state index in [2.05, 4.69) is 5.32 Å². The molecular formula is C15H16ClF2NO. The lowest BCUT2D eigenvalue weighted by Crippen LogP contribution is -2.29. The number of halogens is 3. The van der Waals surface area contributed by atoms with Crippen LogP contribution in [0.3, 0.4) is 0 Å². The molecular weight excluding hydrogens is 284 g/mol. The van der Waals surface area contributed by atoms with E-state index in [9.17, 15) is 8.78 Å². The summed E-state index contributed by atoms with van der Waals surface area (Å²) in [7, 11) is 0. The number of aryl methyl sites for hydroxylation is 1. The van der Waals surface area contributed by atoms with Gasteiger partial charge in [-0.05, 0) is 56.1 Å². The average molecular weight is 300 g/mol. The molecule has 5 heteroatoms. The molecule has 0 saturated heterocycles. The molecule has 1 unspecified atom stereocenters. The molecule has 1 aromatic heterocycles. The van der Waals surface area contributed by atoms with Crippen molar-refractivity contribution in [2.45, 2.75) is 32.9 Å². The first-order valence-electron chi connectivity index (χ1n) is 6.35. The van der Waals surface area contributed by atoms with Crippen molar-refractivity contribution in [1.29, 1.82) is 0 Å². The van der Waals surface area contributed by atoms with Gasteiger partial charge in [-0.2, -0.15) is 0 Å². The summed E-state index contributed by atoms with van der Waals surface area (Å²) in [4.78, 5) is 0. The zero-order chi connectivity index (χ0) is 14.9. The van der Waals surface area contributed by atoms with Crippen LogP contribution in [-0.4, -0.2) is 6.04 Å².